The molecule has 1 saturated heterocycles. The molecule has 2 aliphatic rings. The van der Waals surface area contributed by atoms with Gasteiger partial charge in [0.05, 0.1) is 10.5 Å². The maximum atomic E-state index is 13.4. The van der Waals surface area contributed by atoms with Gasteiger partial charge in [-0.2, -0.15) is 0 Å². The van der Waals surface area contributed by atoms with Crippen molar-refractivity contribution in [2.24, 2.45) is 0 Å². The molecule has 0 radical (unpaired) electrons. The van der Waals surface area contributed by atoms with E-state index in [1.54, 1.807) is 21.6 Å². The van der Waals surface area contributed by atoms with Crippen LogP contribution in [0.1, 0.15) is 56.6 Å². The Morgan fingerprint density at radius 3 is 2.77 bits per heavy atom. The van der Waals surface area contributed by atoms with E-state index in [2.05, 4.69) is 5.32 Å². The van der Waals surface area contributed by atoms with Gasteiger partial charge >= 0.3 is 0 Å². The molecule has 1 N–H and O–H groups in total. The molecule has 4 rings (SSSR count). The van der Waals surface area contributed by atoms with Crippen LogP contribution < -0.4 is 10.9 Å². The Morgan fingerprint density at radius 1 is 1.27 bits per heavy atom. The molecule has 3 heterocycles. The number of nitrogens with zero attached hydrogens (tertiary/aromatic N) is 3. The molecular formula is C22H26N4O2S2. The van der Waals surface area contributed by atoms with Crippen LogP contribution in [0.4, 0.5) is 5.82 Å². The van der Waals surface area contributed by atoms with Gasteiger partial charge in [-0.05, 0) is 43.9 Å². The average Bonchev–Trinajstić information content (AvgIpc) is 3.00. The van der Waals surface area contributed by atoms with E-state index >= 15 is 0 Å². The first-order valence-corrected chi connectivity index (χ1v) is 11.8. The number of thiocarbonyl (C=S) groups is 1. The molecule has 1 aliphatic carbocycles. The molecule has 0 unspecified atom stereocenters. The number of thioether (sulfide) groups is 1. The van der Waals surface area contributed by atoms with Gasteiger partial charge in [0.2, 0.25) is 0 Å². The molecule has 2 aromatic rings. The summed E-state index contributed by atoms with van der Waals surface area (Å²) in [6.45, 7) is 4.54. The van der Waals surface area contributed by atoms with E-state index in [0.717, 1.165) is 24.8 Å². The number of anilines is 1. The van der Waals surface area contributed by atoms with E-state index in [4.69, 9.17) is 17.2 Å². The number of nitrogens with one attached hydrogen (secondary N) is 1. The molecule has 30 heavy (non-hydrogen) atoms. The highest BCUT2D eigenvalue weighted by Gasteiger charge is 2.32. The molecule has 1 saturated carbocycles. The zero-order chi connectivity index (χ0) is 21.3. The minimum absolute atomic E-state index is 0.135. The van der Waals surface area contributed by atoms with Crippen molar-refractivity contribution in [3.63, 3.8) is 0 Å². The SMILES string of the molecule is CCCN1C(=O)C(=Cc2c(NC3CCCCC3)nc3ccc(C)cn3c2=O)SC1=S. The van der Waals surface area contributed by atoms with Gasteiger partial charge in [0.1, 0.15) is 15.8 Å². The maximum Gasteiger partial charge on any atom is 0.267 e. The lowest BCUT2D eigenvalue weighted by Crippen LogP contribution is -2.29. The summed E-state index contributed by atoms with van der Waals surface area (Å²) in [6.07, 6.45) is 10.0. The van der Waals surface area contributed by atoms with Crippen LogP contribution in [0.15, 0.2) is 28.0 Å². The summed E-state index contributed by atoms with van der Waals surface area (Å²) in [4.78, 5) is 33.1. The number of hydrogen-bond acceptors (Lipinski definition) is 6. The number of rotatable bonds is 5. The number of pyridine rings is 1. The Morgan fingerprint density at radius 2 is 2.03 bits per heavy atom. The summed E-state index contributed by atoms with van der Waals surface area (Å²) < 4.78 is 2.10. The topological polar surface area (TPSA) is 66.7 Å². The maximum absolute atomic E-state index is 13.4. The van der Waals surface area contributed by atoms with Gasteiger partial charge in [-0.15, -0.1) is 0 Å². The molecular weight excluding hydrogens is 416 g/mol. The van der Waals surface area contributed by atoms with Crippen molar-refractivity contribution < 1.29 is 4.79 Å². The zero-order valence-electron chi connectivity index (χ0n) is 17.3. The molecule has 158 valence electrons. The predicted octanol–water partition coefficient (Wildman–Crippen LogP) is 4.36. The van der Waals surface area contributed by atoms with Crippen LogP contribution in [0, 0.1) is 6.92 Å². The third-order valence-electron chi connectivity index (χ3n) is 5.55. The third-order valence-corrected chi connectivity index (χ3v) is 6.93. The highest BCUT2D eigenvalue weighted by molar-refractivity contribution is 8.26. The standard InChI is InChI=1S/C22H26N4O2S2/c1-3-11-25-21(28)17(30-22(25)29)12-16-19(23-15-7-5-4-6-8-15)24-18-10-9-14(2)13-26(18)20(16)27/h9-10,12-13,15,23H,3-8,11H2,1-2H3. The Kier molecular flexibility index (Phi) is 6.24. The van der Waals surface area contributed by atoms with Gasteiger partial charge < -0.3 is 5.32 Å². The highest BCUT2D eigenvalue weighted by atomic mass is 32.2. The first-order valence-electron chi connectivity index (χ1n) is 10.5. The first kappa shape index (κ1) is 21.1. The van der Waals surface area contributed by atoms with Crippen LogP contribution in [0.25, 0.3) is 11.7 Å². The minimum atomic E-state index is -0.178. The fraction of sp³-hybridized carbons (Fsp3) is 0.455. The van der Waals surface area contributed by atoms with Crippen molar-refractivity contribution >= 4 is 51.7 Å². The van der Waals surface area contributed by atoms with Crippen LogP contribution in [-0.4, -0.2) is 37.1 Å². The van der Waals surface area contributed by atoms with E-state index in [-0.39, 0.29) is 11.5 Å². The zero-order valence-corrected chi connectivity index (χ0v) is 18.9. The van der Waals surface area contributed by atoms with E-state index in [1.807, 2.05) is 26.0 Å². The number of fused-ring (bicyclic) bond motifs is 1. The molecule has 0 atom stereocenters. The van der Waals surface area contributed by atoms with Crippen molar-refractivity contribution in [3.05, 3.63) is 44.7 Å². The summed E-state index contributed by atoms with van der Waals surface area (Å²) in [5, 5.41) is 3.50. The van der Waals surface area contributed by atoms with E-state index in [0.29, 0.717) is 38.8 Å². The van der Waals surface area contributed by atoms with E-state index in [9.17, 15) is 9.59 Å². The summed E-state index contributed by atoms with van der Waals surface area (Å²) in [7, 11) is 0. The molecule has 1 amide bonds. The minimum Gasteiger partial charge on any atom is -0.367 e. The van der Waals surface area contributed by atoms with Gasteiger partial charge in [0.25, 0.3) is 11.5 Å². The van der Waals surface area contributed by atoms with Gasteiger partial charge in [-0.25, -0.2) is 4.98 Å². The first-order chi connectivity index (χ1) is 14.5. The van der Waals surface area contributed by atoms with Crippen LogP contribution in [0.2, 0.25) is 0 Å². The molecule has 2 fully saturated rings. The fourth-order valence-electron chi connectivity index (χ4n) is 3.99. The number of hydrogen-bond donors (Lipinski definition) is 1. The number of carbonyl (C=O) groups excluding carboxylic acids is 1. The number of carbonyl (C=O) groups is 1. The summed E-state index contributed by atoms with van der Waals surface area (Å²) >= 11 is 6.63. The third kappa shape index (κ3) is 4.16. The second kappa shape index (κ2) is 8.89. The van der Waals surface area contributed by atoms with E-state index < -0.39 is 0 Å². The van der Waals surface area contributed by atoms with Crippen molar-refractivity contribution in [1.29, 1.82) is 0 Å². The summed E-state index contributed by atoms with van der Waals surface area (Å²) in [5.74, 6) is 0.417. The molecule has 1 aliphatic heterocycles. The molecule has 6 nitrogen and oxygen atoms in total. The van der Waals surface area contributed by atoms with Crippen LogP contribution >= 0.6 is 24.0 Å². The predicted molar refractivity (Wildman–Crippen MR) is 127 cm³/mol. The molecule has 0 spiro atoms. The van der Waals surface area contributed by atoms with Gasteiger partial charge in [-0.3, -0.25) is 18.9 Å². The molecule has 8 heteroatoms. The Labute approximate surface area is 185 Å². The van der Waals surface area contributed by atoms with Crippen molar-refractivity contribution in [2.45, 2.75) is 58.4 Å². The average molecular weight is 443 g/mol. The largest absolute Gasteiger partial charge is 0.367 e. The summed E-state index contributed by atoms with van der Waals surface area (Å²) in [5.41, 5.74) is 1.81. The lowest BCUT2D eigenvalue weighted by Gasteiger charge is -2.24. The number of amides is 1. The highest BCUT2D eigenvalue weighted by Crippen LogP contribution is 2.33. The van der Waals surface area contributed by atoms with Crippen LogP contribution in [-0.2, 0) is 4.79 Å². The smallest absolute Gasteiger partial charge is 0.267 e. The van der Waals surface area contributed by atoms with Crippen molar-refractivity contribution in [2.75, 3.05) is 11.9 Å². The van der Waals surface area contributed by atoms with Crippen molar-refractivity contribution in [3.8, 4) is 0 Å². The van der Waals surface area contributed by atoms with Crippen LogP contribution in [0.3, 0.4) is 0 Å². The summed E-state index contributed by atoms with van der Waals surface area (Å²) in [6, 6.07) is 4.09. The lowest BCUT2D eigenvalue weighted by molar-refractivity contribution is -0.122. The molecule has 0 aromatic carbocycles. The Balaban J connectivity index is 1.81. The lowest BCUT2D eigenvalue weighted by atomic mass is 9.95. The van der Waals surface area contributed by atoms with Crippen molar-refractivity contribution in [1.82, 2.24) is 14.3 Å². The van der Waals surface area contributed by atoms with Crippen LogP contribution in [0.5, 0.6) is 0 Å². The number of aryl methyl sites for hydroxylation is 1. The Hall–Kier alpha value is -2.19. The Bertz CT molecular complexity index is 1090. The molecule has 2 aromatic heterocycles. The number of aromatic nitrogens is 2. The van der Waals surface area contributed by atoms with Gasteiger partial charge in [0.15, 0.2) is 0 Å². The normalized spacial score (nSPS) is 19.3. The second-order valence-corrected chi connectivity index (χ2v) is 9.60. The second-order valence-electron chi connectivity index (χ2n) is 7.93. The van der Waals surface area contributed by atoms with Gasteiger partial charge in [0, 0.05) is 18.8 Å². The van der Waals surface area contributed by atoms with Gasteiger partial charge in [-0.1, -0.05) is 56.2 Å². The quantitative estimate of drug-likeness (QED) is 0.548. The molecule has 0 bridgehead atoms. The van der Waals surface area contributed by atoms with E-state index in [1.165, 1.54) is 31.0 Å². The fourth-order valence-corrected chi connectivity index (χ4v) is 5.28. The monoisotopic (exact) mass is 442 g/mol.